The summed E-state index contributed by atoms with van der Waals surface area (Å²) < 4.78 is 45.3. The summed E-state index contributed by atoms with van der Waals surface area (Å²) in [5.74, 6) is 0.933. The van der Waals surface area contributed by atoms with Gasteiger partial charge in [-0.25, -0.2) is 0 Å². The van der Waals surface area contributed by atoms with Crippen LogP contribution in [0.4, 0.5) is 18.9 Å². The summed E-state index contributed by atoms with van der Waals surface area (Å²) in [6.07, 6.45) is 2.01. The number of carbonyl (C=O) groups is 1. The van der Waals surface area contributed by atoms with E-state index in [1.165, 1.54) is 11.0 Å². The molecular formula is C33H37F3N8O. The first-order chi connectivity index (χ1) is 21.5. The van der Waals surface area contributed by atoms with Crippen LogP contribution in [0.1, 0.15) is 64.6 Å². The van der Waals surface area contributed by atoms with Gasteiger partial charge in [0.2, 0.25) is 0 Å². The first-order valence-electron chi connectivity index (χ1n) is 15.6. The molecule has 1 aliphatic carbocycles. The monoisotopic (exact) mass is 618 g/mol. The van der Waals surface area contributed by atoms with Crippen LogP contribution in [0.3, 0.4) is 0 Å². The normalized spacial score (nSPS) is 25.4. The molecule has 0 N–H and O–H groups in total. The van der Waals surface area contributed by atoms with Gasteiger partial charge in [0.05, 0.1) is 17.5 Å². The third-order valence-corrected chi connectivity index (χ3v) is 10.4. The SMILES string of the molecule is CC1CC(c2cccc(N3Cc4c(cc(CN(C)C5CN(C6CCN(C#N)C6)C5)cc4C(F)(F)F)C3=O)c2)(c2nncn2C)C1. The maximum absolute atomic E-state index is 14.5. The Hall–Kier alpha value is -3.95. The van der Waals surface area contributed by atoms with Gasteiger partial charge in [-0.3, -0.25) is 14.6 Å². The van der Waals surface area contributed by atoms with Gasteiger partial charge in [-0.05, 0) is 73.2 Å². The molecule has 3 aromatic rings. The van der Waals surface area contributed by atoms with Gasteiger partial charge in [-0.15, -0.1) is 10.2 Å². The highest BCUT2D eigenvalue weighted by Crippen LogP contribution is 2.52. The number of fused-ring (bicyclic) bond motifs is 1. The van der Waals surface area contributed by atoms with Crippen molar-refractivity contribution in [3.05, 3.63) is 76.4 Å². The van der Waals surface area contributed by atoms with Crippen LogP contribution < -0.4 is 4.90 Å². The topological polar surface area (TPSA) is 84.5 Å². The quantitative estimate of drug-likeness (QED) is 0.364. The average Bonchev–Trinajstić information content (AvgIpc) is 3.69. The summed E-state index contributed by atoms with van der Waals surface area (Å²) >= 11 is 0. The Labute approximate surface area is 260 Å². The van der Waals surface area contributed by atoms with Crippen LogP contribution in [-0.2, 0) is 31.7 Å². The van der Waals surface area contributed by atoms with E-state index in [9.17, 15) is 18.0 Å². The van der Waals surface area contributed by atoms with Gasteiger partial charge in [0, 0.05) is 63.1 Å². The number of rotatable bonds is 7. The average molecular weight is 619 g/mol. The Balaban J connectivity index is 1.12. The van der Waals surface area contributed by atoms with E-state index in [4.69, 9.17) is 5.26 Å². The number of aromatic nitrogens is 3. The predicted octanol–water partition coefficient (Wildman–Crippen LogP) is 4.38. The lowest BCUT2D eigenvalue weighted by Gasteiger charge is -2.47. The number of alkyl halides is 3. The van der Waals surface area contributed by atoms with Crippen LogP contribution >= 0.6 is 0 Å². The fourth-order valence-electron chi connectivity index (χ4n) is 8.00. The van der Waals surface area contributed by atoms with Gasteiger partial charge in [0.15, 0.2) is 6.19 Å². The minimum atomic E-state index is -4.59. The molecule has 7 rings (SSSR count). The fourth-order valence-corrected chi connectivity index (χ4v) is 8.00. The molecule has 1 amide bonds. The van der Waals surface area contributed by atoms with Gasteiger partial charge in [0.25, 0.3) is 5.91 Å². The highest BCUT2D eigenvalue weighted by Gasteiger charge is 2.49. The van der Waals surface area contributed by atoms with Crippen molar-refractivity contribution in [2.24, 2.45) is 13.0 Å². The largest absolute Gasteiger partial charge is 0.416 e. The molecular weight excluding hydrogens is 581 g/mol. The Kier molecular flexibility index (Phi) is 7.17. The number of amides is 1. The van der Waals surface area contributed by atoms with Crippen molar-refractivity contribution in [3.63, 3.8) is 0 Å². The number of likely N-dealkylation sites (N-methyl/N-ethyl adjacent to an activating group) is 1. The Morgan fingerprint density at radius 3 is 2.58 bits per heavy atom. The van der Waals surface area contributed by atoms with Gasteiger partial charge >= 0.3 is 6.18 Å². The molecule has 236 valence electrons. The number of hydrogen-bond donors (Lipinski definition) is 0. The van der Waals surface area contributed by atoms with Crippen molar-refractivity contribution in [3.8, 4) is 6.19 Å². The van der Waals surface area contributed by atoms with E-state index in [0.717, 1.165) is 56.8 Å². The van der Waals surface area contributed by atoms with E-state index in [-0.39, 0.29) is 29.1 Å². The number of benzene rings is 2. The Morgan fingerprint density at radius 2 is 1.93 bits per heavy atom. The molecule has 0 spiro atoms. The molecule has 1 atom stereocenters. The molecule has 3 fully saturated rings. The lowest BCUT2D eigenvalue weighted by Crippen LogP contribution is -2.61. The third-order valence-electron chi connectivity index (χ3n) is 10.4. The number of nitriles is 1. The predicted molar refractivity (Wildman–Crippen MR) is 161 cm³/mol. The molecule has 0 radical (unpaired) electrons. The Morgan fingerprint density at radius 1 is 1.16 bits per heavy atom. The molecule has 9 nitrogen and oxygen atoms in total. The summed E-state index contributed by atoms with van der Waals surface area (Å²) in [4.78, 5) is 21.5. The number of hydrogen-bond acceptors (Lipinski definition) is 7. The number of halogens is 3. The number of aryl methyl sites for hydroxylation is 1. The molecule has 1 aromatic heterocycles. The van der Waals surface area contributed by atoms with E-state index >= 15 is 0 Å². The first-order valence-corrected chi connectivity index (χ1v) is 15.6. The number of nitrogens with zero attached hydrogens (tertiary/aromatic N) is 8. The molecule has 3 aliphatic heterocycles. The van der Waals surface area contributed by atoms with E-state index in [0.29, 0.717) is 29.8 Å². The smallest absolute Gasteiger partial charge is 0.320 e. The first kappa shape index (κ1) is 29.7. The maximum atomic E-state index is 14.5. The molecule has 2 aromatic carbocycles. The summed E-state index contributed by atoms with van der Waals surface area (Å²) in [6, 6.07) is 11.0. The molecule has 4 aliphatic rings. The zero-order chi connectivity index (χ0) is 31.7. The highest BCUT2D eigenvalue weighted by molar-refractivity contribution is 6.10. The minimum absolute atomic E-state index is 0.0303. The van der Waals surface area contributed by atoms with Crippen LogP contribution in [0, 0.1) is 17.4 Å². The van der Waals surface area contributed by atoms with Crippen molar-refractivity contribution in [1.29, 1.82) is 5.26 Å². The van der Waals surface area contributed by atoms with Gasteiger partial charge in [-0.2, -0.15) is 18.4 Å². The molecule has 2 saturated heterocycles. The molecule has 1 saturated carbocycles. The highest BCUT2D eigenvalue weighted by atomic mass is 19.4. The zero-order valence-electron chi connectivity index (χ0n) is 25.8. The molecule has 1 unspecified atom stereocenters. The van der Waals surface area contributed by atoms with Gasteiger partial charge in [0.1, 0.15) is 12.2 Å². The van der Waals surface area contributed by atoms with E-state index in [2.05, 4.69) is 33.1 Å². The van der Waals surface area contributed by atoms with Crippen LogP contribution in [0.2, 0.25) is 0 Å². The second-order valence-electron chi connectivity index (χ2n) is 13.5. The maximum Gasteiger partial charge on any atom is 0.416 e. The lowest BCUT2D eigenvalue weighted by atomic mass is 9.58. The Bertz CT molecular complexity index is 1670. The van der Waals surface area contributed by atoms with Crippen LogP contribution in [0.15, 0.2) is 42.7 Å². The molecule has 12 heteroatoms. The van der Waals surface area contributed by atoms with E-state index in [1.807, 2.05) is 36.9 Å². The number of carbonyl (C=O) groups excluding carboxylic acids is 1. The minimum Gasteiger partial charge on any atom is -0.320 e. The van der Waals surface area contributed by atoms with Crippen molar-refractivity contribution >= 4 is 11.6 Å². The van der Waals surface area contributed by atoms with Gasteiger partial charge < -0.3 is 14.4 Å². The summed E-state index contributed by atoms with van der Waals surface area (Å²) in [7, 11) is 3.84. The van der Waals surface area contributed by atoms with Crippen LogP contribution in [-0.4, -0.2) is 80.7 Å². The zero-order valence-corrected chi connectivity index (χ0v) is 25.8. The summed E-state index contributed by atoms with van der Waals surface area (Å²) in [6.45, 7) is 5.50. The van der Waals surface area contributed by atoms with Crippen molar-refractivity contribution in [2.75, 3.05) is 38.1 Å². The van der Waals surface area contributed by atoms with Gasteiger partial charge in [-0.1, -0.05) is 19.1 Å². The number of likely N-dealkylation sites (tertiary alicyclic amines) is 2. The summed E-state index contributed by atoms with van der Waals surface area (Å²) in [5, 5.41) is 17.7. The van der Waals surface area contributed by atoms with E-state index < -0.39 is 17.6 Å². The van der Waals surface area contributed by atoms with Crippen LogP contribution in [0.5, 0.6) is 0 Å². The standard InChI is InChI=1S/C33H37F3N8O/c1-21-12-32(13-21,31-39-38-20-41(31)3)23-5-4-6-24(11-23)44-18-28-27(30(44)45)9-22(10-29(28)33(34,35)36)14-40(2)26-16-43(17-26)25-7-8-42(15-25)19-37/h4-6,9-11,20-21,25-26H,7-8,12-18H2,1-3H3. The second kappa shape index (κ2) is 10.8. The molecule has 0 bridgehead atoms. The number of anilines is 1. The molecule has 45 heavy (non-hydrogen) atoms. The van der Waals surface area contributed by atoms with Crippen molar-refractivity contribution in [2.45, 2.75) is 63.0 Å². The van der Waals surface area contributed by atoms with Crippen molar-refractivity contribution in [1.82, 2.24) is 29.5 Å². The third kappa shape index (κ3) is 5.06. The van der Waals surface area contributed by atoms with Crippen molar-refractivity contribution < 1.29 is 18.0 Å². The second-order valence-corrected chi connectivity index (χ2v) is 13.5. The van der Waals surface area contributed by atoms with Crippen LogP contribution in [0.25, 0.3) is 0 Å². The fraction of sp³-hybridized carbons (Fsp3) is 0.515. The lowest BCUT2D eigenvalue weighted by molar-refractivity contribution is -0.138. The van der Waals surface area contributed by atoms with E-state index in [1.54, 1.807) is 23.4 Å². The molecule has 4 heterocycles. The summed E-state index contributed by atoms with van der Waals surface area (Å²) in [5.41, 5.74) is 1.11.